The second-order valence-electron chi connectivity index (χ2n) is 7.73. The Morgan fingerprint density at radius 2 is 1.78 bits per heavy atom. The summed E-state index contributed by atoms with van der Waals surface area (Å²) >= 11 is 0. The van der Waals surface area contributed by atoms with Crippen molar-refractivity contribution >= 4 is 41.7 Å². The molecule has 1 saturated carbocycles. The molecular weight excluding hydrogens is 455 g/mol. The molecule has 7 heteroatoms. The Balaban J connectivity index is 0.00000364. The molecule has 0 unspecified atom stereocenters. The predicted molar refractivity (Wildman–Crippen MR) is 122 cm³/mol. The van der Waals surface area contributed by atoms with E-state index >= 15 is 0 Å². The zero-order chi connectivity index (χ0) is 19.0. The van der Waals surface area contributed by atoms with Crippen molar-refractivity contribution in [3.63, 3.8) is 0 Å². The van der Waals surface area contributed by atoms with Crippen molar-refractivity contribution in [2.75, 3.05) is 25.5 Å². The van der Waals surface area contributed by atoms with E-state index in [4.69, 9.17) is 4.74 Å². The van der Waals surface area contributed by atoms with E-state index in [9.17, 15) is 4.79 Å². The summed E-state index contributed by atoms with van der Waals surface area (Å²) < 4.78 is 5.25. The van der Waals surface area contributed by atoms with E-state index in [1.807, 2.05) is 45.0 Å². The molecule has 0 atom stereocenters. The van der Waals surface area contributed by atoms with Crippen LogP contribution < -0.4 is 16.0 Å². The molecule has 0 bridgehead atoms. The van der Waals surface area contributed by atoms with Gasteiger partial charge in [0, 0.05) is 25.8 Å². The van der Waals surface area contributed by atoms with E-state index in [1.165, 1.54) is 24.8 Å². The summed E-state index contributed by atoms with van der Waals surface area (Å²) in [6, 6.07) is 7.80. The largest absolute Gasteiger partial charge is 0.444 e. The molecular formula is C20H33IN4O2. The van der Waals surface area contributed by atoms with Gasteiger partial charge in [0.2, 0.25) is 0 Å². The molecule has 0 spiro atoms. The lowest BCUT2D eigenvalue weighted by atomic mass is 10.1. The first-order chi connectivity index (χ1) is 12.4. The maximum Gasteiger partial charge on any atom is 0.412 e. The second kappa shape index (κ2) is 11.4. The summed E-state index contributed by atoms with van der Waals surface area (Å²) in [5.41, 5.74) is 1.43. The van der Waals surface area contributed by atoms with Gasteiger partial charge >= 0.3 is 6.09 Å². The van der Waals surface area contributed by atoms with Crippen LogP contribution in [-0.4, -0.2) is 37.8 Å². The van der Waals surface area contributed by atoms with E-state index in [0.717, 1.165) is 37.1 Å². The number of nitrogens with one attached hydrogen (secondary N) is 3. The van der Waals surface area contributed by atoms with E-state index in [0.29, 0.717) is 0 Å². The SMILES string of the molecule is CN=C(NCCc1ccc(NC(=O)OC(C)(C)C)cc1)NCCC1CC1.I. The lowest BCUT2D eigenvalue weighted by Gasteiger charge is -2.19. The van der Waals surface area contributed by atoms with Crippen molar-refractivity contribution in [2.45, 2.75) is 52.1 Å². The highest BCUT2D eigenvalue weighted by molar-refractivity contribution is 14.0. The van der Waals surface area contributed by atoms with Gasteiger partial charge in [0.1, 0.15) is 5.60 Å². The number of carbonyl (C=O) groups is 1. The number of guanidine groups is 1. The van der Waals surface area contributed by atoms with E-state index in [-0.39, 0.29) is 24.0 Å². The van der Waals surface area contributed by atoms with Crippen molar-refractivity contribution < 1.29 is 9.53 Å². The highest BCUT2D eigenvalue weighted by Crippen LogP contribution is 2.31. The zero-order valence-electron chi connectivity index (χ0n) is 16.8. The Hall–Kier alpha value is -1.51. The van der Waals surface area contributed by atoms with Gasteiger partial charge in [-0.3, -0.25) is 10.3 Å². The van der Waals surface area contributed by atoms with Crippen molar-refractivity contribution in [1.29, 1.82) is 0 Å². The first-order valence-corrected chi connectivity index (χ1v) is 9.39. The first-order valence-electron chi connectivity index (χ1n) is 9.39. The van der Waals surface area contributed by atoms with Crippen LogP contribution in [0.2, 0.25) is 0 Å². The van der Waals surface area contributed by atoms with Gasteiger partial charge in [0.15, 0.2) is 5.96 Å². The number of rotatable bonds is 7. The average Bonchev–Trinajstić information content (AvgIpc) is 3.37. The highest BCUT2D eigenvalue weighted by Gasteiger charge is 2.20. The Morgan fingerprint density at radius 3 is 2.33 bits per heavy atom. The molecule has 152 valence electrons. The van der Waals surface area contributed by atoms with Crippen LogP contribution in [-0.2, 0) is 11.2 Å². The Bertz CT molecular complexity index is 607. The molecule has 1 amide bonds. The maximum atomic E-state index is 11.8. The van der Waals surface area contributed by atoms with E-state index < -0.39 is 11.7 Å². The monoisotopic (exact) mass is 488 g/mol. The number of ether oxygens (including phenoxy) is 1. The number of nitrogens with zero attached hydrogens (tertiary/aromatic N) is 1. The first kappa shape index (κ1) is 23.5. The summed E-state index contributed by atoms with van der Waals surface area (Å²) in [6.07, 6.45) is 4.44. The number of hydrogen-bond acceptors (Lipinski definition) is 3. The normalized spacial score (nSPS) is 14.1. The summed E-state index contributed by atoms with van der Waals surface area (Å²) in [4.78, 5) is 16.0. The van der Waals surface area contributed by atoms with Gasteiger partial charge in [-0.1, -0.05) is 25.0 Å². The van der Waals surface area contributed by atoms with E-state index in [2.05, 4.69) is 20.9 Å². The third kappa shape index (κ3) is 10.4. The molecule has 27 heavy (non-hydrogen) atoms. The standard InChI is InChI=1S/C20H32N4O2.HI/c1-20(2,3)26-19(25)24-17-9-7-16(8-10-17)12-14-23-18(21-4)22-13-11-15-5-6-15;/h7-10,15H,5-6,11-14H2,1-4H3,(H,24,25)(H2,21,22,23);1H. The fraction of sp³-hybridized carbons (Fsp3) is 0.600. The Labute approximate surface area is 179 Å². The number of carbonyl (C=O) groups excluding carboxylic acids is 1. The number of amides is 1. The minimum Gasteiger partial charge on any atom is -0.444 e. The van der Waals surface area contributed by atoms with E-state index in [1.54, 1.807) is 7.05 Å². The molecule has 1 aliphatic carbocycles. The van der Waals surface area contributed by atoms with Gasteiger partial charge in [-0.05, 0) is 57.2 Å². The lowest BCUT2D eigenvalue weighted by molar-refractivity contribution is 0.0636. The number of benzene rings is 1. The Morgan fingerprint density at radius 1 is 1.15 bits per heavy atom. The van der Waals surface area contributed by atoms with Gasteiger partial charge in [-0.25, -0.2) is 4.79 Å². The zero-order valence-corrected chi connectivity index (χ0v) is 19.1. The lowest BCUT2D eigenvalue weighted by Crippen LogP contribution is -2.38. The third-order valence-corrected chi connectivity index (χ3v) is 4.07. The molecule has 3 N–H and O–H groups in total. The maximum absolute atomic E-state index is 11.8. The van der Waals surface area contributed by atoms with Crippen LogP contribution in [0.1, 0.15) is 45.6 Å². The van der Waals surface area contributed by atoms with Gasteiger partial charge in [0.05, 0.1) is 0 Å². The van der Waals surface area contributed by atoms with Crippen LogP contribution >= 0.6 is 24.0 Å². The van der Waals surface area contributed by atoms with Crippen molar-refractivity contribution in [3.05, 3.63) is 29.8 Å². The minimum atomic E-state index is -0.499. The van der Waals surface area contributed by atoms with Crippen LogP contribution in [0.5, 0.6) is 0 Å². The molecule has 1 fully saturated rings. The minimum absolute atomic E-state index is 0. The molecule has 2 rings (SSSR count). The summed E-state index contributed by atoms with van der Waals surface area (Å²) in [7, 11) is 1.80. The van der Waals surface area contributed by atoms with Crippen LogP contribution in [0.3, 0.4) is 0 Å². The molecule has 0 aromatic heterocycles. The summed E-state index contributed by atoms with van der Waals surface area (Å²) in [5, 5.41) is 9.43. The van der Waals surface area contributed by atoms with Gasteiger partial charge < -0.3 is 15.4 Å². The van der Waals surface area contributed by atoms with Crippen molar-refractivity contribution in [3.8, 4) is 0 Å². The van der Waals surface area contributed by atoms with Crippen LogP contribution in [0, 0.1) is 5.92 Å². The summed E-state index contributed by atoms with van der Waals surface area (Å²) in [6.45, 7) is 7.32. The number of hydrogen-bond donors (Lipinski definition) is 3. The fourth-order valence-electron chi connectivity index (χ4n) is 2.52. The van der Waals surface area contributed by atoms with Crippen molar-refractivity contribution in [1.82, 2.24) is 10.6 Å². The van der Waals surface area contributed by atoms with Crippen LogP contribution in [0.25, 0.3) is 0 Å². The molecule has 1 aromatic rings. The van der Waals surface area contributed by atoms with Gasteiger partial charge in [-0.2, -0.15) is 0 Å². The second-order valence-corrected chi connectivity index (χ2v) is 7.73. The Kier molecular flexibility index (Phi) is 9.90. The third-order valence-electron chi connectivity index (χ3n) is 4.07. The molecule has 0 saturated heterocycles. The number of aliphatic imine (C=N–C) groups is 1. The van der Waals surface area contributed by atoms with Gasteiger partial charge in [-0.15, -0.1) is 24.0 Å². The smallest absolute Gasteiger partial charge is 0.412 e. The molecule has 1 aromatic carbocycles. The number of anilines is 1. The molecule has 0 radical (unpaired) electrons. The molecule has 6 nitrogen and oxygen atoms in total. The van der Waals surface area contributed by atoms with Crippen LogP contribution in [0.4, 0.5) is 10.5 Å². The molecule has 0 heterocycles. The highest BCUT2D eigenvalue weighted by atomic mass is 127. The summed E-state index contributed by atoms with van der Waals surface area (Å²) in [5.74, 6) is 1.78. The fourth-order valence-corrected chi connectivity index (χ4v) is 2.52. The average molecular weight is 488 g/mol. The van der Waals surface area contributed by atoms with Crippen LogP contribution in [0.15, 0.2) is 29.3 Å². The topological polar surface area (TPSA) is 74.8 Å². The quantitative estimate of drug-likeness (QED) is 0.306. The van der Waals surface area contributed by atoms with Crippen molar-refractivity contribution in [2.24, 2.45) is 10.9 Å². The molecule has 0 aliphatic heterocycles. The molecule has 1 aliphatic rings. The predicted octanol–water partition coefficient (Wildman–Crippen LogP) is 4.16. The number of halogens is 1. The van der Waals surface area contributed by atoms with Gasteiger partial charge in [0.25, 0.3) is 0 Å².